The molecule has 0 amide bonds. The molecular formula is C23H15ClF4N6O. The first-order valence-electron chi connectivity index (χ1n) is 9.94. The summed E-state index contributed by atoms with van der Waals surface area (Å²) in [5, 5.41) is 7.55. The van der Waals surface area contributed by atoms with Gasteiger partial charge in [0.05, 0.1) is 11.8 Å². The Labute approximate surface area is 201 Å². The number of anilines is 3. The molecule has 0 fully saturated rings. The lowest BCUT2D eigenvalue weighted by molar-refractivity contribution is -0.274. The Morgan fingerprint density at radius 1 is 0.857 bits per heavy atom. The Hall–Kier alpha value is -4.25. The van der Waals surface area contributed by atoms with Gasteiger partial charge in [-0.2, -0.15) is 20.1 Å². The van der Waals surface area contributed by atoms with E-state index in [0.29, 0.717) is 16.3 Å². The average molecular weight is 503 g/mol. The number of benzene rings is 3. The Kier molecular flexibility index (Phi) is 7.06. The van der Waals surface area contributed by atoms with E-state index in [2.05, 4.69) is 35.5 Å². The Balaban J connectivity index is 1.56. The fourth-order valence-corrected chi connectivity index (χ4v) is 2.95. The molecule has 0 aliphatic carbocycles. The number of hydrogen-bond acceptors (Lipinski definition) is 7. The fraction of sp³-hybridized carbons (Fsp3) is 0.0435. The Morgan fingerprint density at radius 2 is 1.54 bits per heavy atom. The highest BCUT2D eigenvalue weighted by atomic mass is 35.5. The molecule has 35 heavy (non-hydrogen) atoms. The summed E-state index contributed by atoms with van der Waals surface area (Å²) in [7, 11) is 0. The van der Waals surface area contributed by atoms with Crippen LogP contribution in [0.1, 0.15) is 5.56 Å². The number of nitrogens with one attached hydrogen (secondary N) is 2. The molecule has 2 N–H and O–H groups in total. The second kappa shape index (κ2) is 10.3. The number of hydrazone groups is 1. The van der Waals surface area contributed by atoms with Gasteiger partial charge < -0.3 is 10.1 Å². The van der Waals surface area contributed by atoms with E-state index in [9.17, 15) is 17.6 Å². The molecule has 0 spiro atoms. The van der Waals surface area contributed by atoms with E-state index in [1.54, 1.807) is 36.4 Å². The molecule has 0 bridgehead atoms. The Bertz CT molecular complexity index is 1330. The van der Waals surface area contributed by atoms with E-state index in [1.807, 2.05) is 0 Å². The summed E-state index contributed by atoms with van der Waals surface area (Å²) in [5.41, 5.74) is 3.89. The molecule has 7 nitrogen and oxygen atoms in total. The molecule has 178 valence electrons. The standard InChI is InChI=1S/C23H15ClF4N6O/c24-15-7-9-16(10-8-15)30-21-31-20(18-3-1-2-4-19(18)25)32-22(33-21)34-29-13-14-5-11-17(12-6-14)35-23(26,27)28/h1-13H,(H2,30,31,32,33,34)/b29-13+. The monoisotopic (exact) mass is 502 g/mol. The SMILES string of the molecule is Fc1ccccc1-c1nc(N/N=C/c2ccc(OC(F)(F)F)cc2)nc(Nc2ccc(Cl)cc2)n1. The third kappa shape index (κ3) is 6.87. The van der Waals surface area contributed by atoms with Gasteiger partial charge in [-0.25, -0.2) is 9.82 Å². The number of halogens is 5. The molecule has 1 aromatic heterocycles. The van der Waals surface area contributed by atoms with Gasteiger partial charge in [-0.05, 0) is 66.2 Å². The van der Waals surface area contributed by atoms with Gasteiger partial charge in [-0.1, -0.05) is 23.7 Å². The number of rotatable bonds is 7. The molecule has 12 heteroatoms. The van der Waals surface area contributed by atoms with Gasteiger partial charge in [0.15, 0.2) is 5.82 Å². The van der Waals surface area contributed by atoms with Gasteiger partial charge in [-0.15, -0.1) is 13.2 Å². The van der Waals surface area contributed by atoms with Gasteiger partial charge in [-0.3, -0.25) is 0 Å². The molecule has 4 aromatic rings. The lowest BCUT2D eigenvalue weighted by Gasteiger charge is -2.09. The van der Waals surface area contributed by atoms with Crippen LogP contribution in [0.15, 0.2) is 77.9 Å². The fourth-order valence-electron chi connectivity index (χ4n) is 2.83. The largest absolute Gasteiger partial charge is 0.573 e. The average Bonchev–Trinajstić information content (AvgIpc) is 2.81. The van der Waals surface area contributed by atoms with Crippen molar-refractivity contribution in [2.75, 3.05) is 10.7 Å². The predicted molar refractivity (Wildman–Crippen MR) is 124 cm³/mol. The van der Waals surface area contributed by atoms with Crippen molar-refractivity contribution in [3.8, 4) is 17.1 Å². The minimum atomic E-state index is -4.77. The van der Waals surface area contributed by atoms with E-state index >= 15 is 0 Å². The van der Waals surface area contributed by atoms with Crippen molar-refractivity contribution in [3.05, 3.63) is 89.2 Å². The third-order valence-corrected chi connectivity index (χ3v) is 4.59. The first-order valence-corrected chi connectivity index (χ1v) is 10.3. The third-order valence-electron chi connectivity index (χ3n) is 4.34. The molecule has 0 aliphatic rings. The van der Waals surface area contributed by atoms with Gasteiger partial charge in [0.25, 0.3) is 0 Å². The van der Waals surface area contributed by atoms with E-state index < -0.39 is 12.2 Å². The lowest BCUT2D eigenvalue weighted by Crippen LogP contribution is -2.17. The van der Waals surface area contributed by atoms with Crippen LogP contribution in [0.3, 0.4) is 0 Å². The number of nitrogens with zero attached hydrogens (tertiary/aromatic N) is 4. The molecule has 0 radical (unpaired) electrons. The molecule has 0 atom stereocenters. The summed E-state index contributed by atoms with van der Waals surface area (Å²) in [4.78, 5) is 12.7. The quantitative estimate of drug-likeness (QED) is 0.172. The van der Waals surface area contributed by atoms with Crippen LogP contribution in [0.25, 0.3) is 11.4 Å². The smallest absolute Gasteiger partial charge is 0.406 e. The maximum Gasteiger partial charge on any atom is 0.573 e. The first kappa shape index (κ1) is 23.9. The van der Waals surface area contributed by atoms with Crippen molar-refractivity contribution in [1.29, 1.82) is 0 Å². The molecule has 1 heterocycles. The summed E-state index contributed by atoms with van der Waals surface area (Å²) in [6.07, 6.45) is -3.43. The van der Waals surface area contributed by atoms with Gasteiger partial charge in [0.1, 0.15) is 11.6 Å². The van der Waals surface area contributed by atoms with Crippen molar-refractivity contribution < 1.29 is 22.3 Å². The molecule has 0 aliphatic heterocycles. The highest BCUT2D eigenvalue weighted by molar-refractivity contribution is 6.30. The summed E-state index contributed by atoms with van der Waals surface area (Å²) < 4.78 is 55.0. The van der Waals surface area contributed by atoms with E-state index in [0.717, 1.165) is 12.1 Å². The van der Waals surface area contributed by atoms with Gasteiger partial charge in [0.2, 0.25) is 11.9 Å². The van der Waals surface area contributed by atoms with E-state index in [4.69, 9.17) is 11.6 Å². The summed E-state index contributed by atoms with van der Waals surface area (Å²) in [6, 6.07) is 17.9. The molecular weight excluding hydrogens is 488 g/mol. The van der Waals surface area contributed by atoms with Crippen molar-refractivity contribution in [1.82, 2.24) is 15.0 Å². The second-order valence-corrected chi connectivity index (χ2v) is 7.34. The summed E-state index contributed by atoms with van der Waals surface area (Å²) in [5.74, 6) is -0.699. The van der Waals surface area contributed by atoms with Crippen LogP contribution >= 0.6 is 11.6 Å². The lowest BCUT2D eigenvalue weighted by atomic mass is 10.2. The van der Waals surface area contributed by atoms with Crippen LogP contribution in [0, 0.1) is 5.82 Å². The van der Waals surface area contributed by atoms with Crippen molar-refractivity contribution >= 4 is 35.4 Å². The van der Waals surface area contributed by atoms with Crippen molar-refractivity contribution in [3.63, 3.8) is 0 Å². The van der Waals surface area contributed by atoms with Gasteiger partial charge in [0, 0.05) is 10.7 Å². The molecule has 0 unspecified atom stereocenters. The van der Waals surface area contributed by atoms with Crippen LogP contribution in [-0.2, 0) is 0 Å². The zero-order chi connectivity index (χ0) is 24.8. The maximum absolute atomic E-state index is 14.4. The molecule has 0 saturated carbocycles. The summed E-state index contributed by atoms with van der Waals surface area (Å²) >= 11 is 5.91. The number of aromatic nitrogens is 3. The van der Waals surface area contributed by atoms with Crippen LogP contribution in [-0.4, -0.2) is 27.5 Å². The molecule has 0 saturated heterocycles. The van der Waals surface area contributed by atoms with Crippen molar-refractivity contribution in [2.45, 2.75) is 6.36 Å². The van der Waals surface area contributed by atoms with E-state index in [-0.39, 0.29) is 29.0 Å². The normalized spacial score (nSPS) is 11.5. The predicted octanol–water partition coefficient (Wildman–Crippen LogP) is 6.42. The zero-order valence-electron chi connectivity index (χ0n) is 17.6. The van der Waals surface area contributed by atoms with Crippen molar-refractivity contribution in [2.24, 2.45) is 5.10 Å². The zero-order valence-corrected chi connectivity index (χ0v) is 18.3. The minimum absolute atomic E-state index is 0.00277. The van der Waals surface area contributed by atoms with E-state index in [1.165, 1.54) is 30.5 Å². The topological polar surface area (TPSA) is 84.3 Å². The number of hydrogen-bond donors (Lipinski definition) is 2. The molecule has 3 aromatic carbocycles. The van der Waals surface area contributed by atoms with Crippen LogP contribution < -0.4 is 15.5 Å². The van der Waals surface area contributed by atoms with Gasteiger partial charge >= 0.3 is 6.36 Å². The highest BCUT2D eigenvalue weighted by Gasteiger charge is 2.30. The molecule has 4 rings (SSSR count). The Morgan fingerprint density at radius 3 is 2.23 bits per heavy atom. The summed E-state index contributed by atoms with van der Waals surface area (Å²) in [6.45, 7) is 0. The van der Waals surface area contributed by atoms with Crippen LogP contribution in [0.2, 0.25) is 5.02 Å². The van der Waals surface area contributed by atoms with Crippen LogP contribution in [0.5, 0.6) is 5.75 Å². The number of alkyl halides is 3. The second-order valence-electron chi connectivity index (χ2n) is 6.90. The van der Waals surface area contributed by atoms with Crippen LogP contribution in [0.4, 0.5) is 35.1 Å². The maximum atomic E-state index is 14.4. The highest BCUT2D eigenvalue weighted by Crippen LogP contribution is 2.24. The first-order chi connectivity index (χ1) is 16.7. The number of ether oxygens (including phenoxy) is 1. The minimum Gasteiger partial charge on any atom is -0.406 e.